The quantitative estimate of drug-likeness (QED) is 0.852. The van der Waals surface area contributed by atoms with Gasteiger partial charge in [-0.05, 0) is 43.7 Å². The van der Waals surface area contributed by atoms with Crippen LogP contribution < -0.4 is 11.1 Å². The molecule has 0 aliphatic heterocycles. The van der Waals surface area contributed by atoms with Crippen LogP contribution in [0.1, 0.15) is 57.6 Å². The van der Waals surface area contributed by atoms with E-state index in [0.29, 0.717) is 12.0 Å². The second kappa shape index (κ2) is 6.90. The van der Waals surface area contributed by atoms with E-state index in [-0.39, 0.29) is 0 Å². The number of anilines is 1. The Morgan fingerprint density at radius 1 is 1.37 bits per heavy atom. The summed E-state index contributed by atoms with van der Waals surface area (Å²) in [6.07, 6.45) is 10.2. The van der Waals surface area contributed by atoms with Crippen molar-refractivity contribution < 1.29 is 0 Å². The predicted octanol–water partition coefficient (Wildman–Crippen LogP) is 3.53. The molecular formula is C16H27N3. The molecule has 0 radical (unpaired) electrons. The predicted molar refractivity (Wildman–Crippen MR) is 80.8 cm³/mol. The van der Waals surface area contributed by atoms with E-state index in [1.54, 1.807) is 6.20 Å². The molecule has 19 heavy (non-hydrogen) atoms. The number of nitrogens with zero attached hydrogens (tertiary/aromatic N) is 1. The van der Waals surface area contributed by atoms with Gasteiger partial charge >= 0.3 is 0 Å². The van der Waals surface area contributed by atoms with Crippen LogP contribution in [-0.2, 0) is 0 Å². The fraction of sp³-hybridized carbons (Fsp3) is 0.688. The van der Waals surface area contributed by atoms with Crippen molar-refractivity contribution in [3.63, 3.8) is 0 Å². The van der Waals surface area contributed by atoms with Gasteiger partial charge in [-0.15, -0.1) is 0 Å². The van der Waals surface area contributed by atoms with E-state index in [1.807, 2.05) is 12.3 Å². The Kier molecular flexibility index (Phi) is 5.20. The molecule has 1 atom stereocenters. The maximum absolute atomic E-state index is 6.15. The zero-order valence-electron chi connectivity index (χ0n) is 12.2. The first-order valence-corrected chi connectivity index (χ1v) is 7.65. The van der Waals surface area contributed by atoms with Crippen molar-refractivity contribution in [3.8, 4) is 0 Å². The number of hydrogen-bond donors (Lipinski definition) is 2. The molecule has 1 aliphatic carbocycles. The van der Waals surface area contributed by atoms with Gasteiger partial charge < -0.3 is 11.1 Å². The van der Waals surface area contributed by atoms with Crippen molar-refractivity contribution in [2.24, 2.45) is 11.8 Å². The van der Waals surface area contributed by atoms with E-state index >= 15 is 0 Å². The van der Waals surface area contributed by atoms with Crippen LogP contribution in [0.25, 0.3) is 0 Å². The number of nitrogen functional groups attached to an aromatic ring is 1. The lowest BCUT2D eigenvalue weighted by atomic mass is 9.77. The van der Waals surface area contributed by atoms with Crippen LogP contribution >= 0.6 is 0 Å². The standard InChI is InChI=1S/C16H27N3/c1-3-9-19-16(13-6-4-12(2)5-7-13)14-11-18-10-8-15(14)17/h8,10-13,16,19H,3-7,9H2,1-2H3,(H2,17,18). The molecule has 1 aromatic rings. The molecule has 0 aromatic carbocycles. The maximum Gasteiger partial charge on any atom is 0.0393 e. The molecule has 1 unspecified atom stereocenters. The highest BCUT2D eigenvalue weighted by molar-refractivity contribution is 5.46. The van der Waals surface area contributed by atoms with Crippen molar-refractivity contribution in [2.75, 3.05) is 12.3 Å². The van der Waals surface area contributed by atoms with Crippen LogP contribution in [0.5, 0.6) is 0 Å². The molecule has 2 rings (SSSR count). The largest absolute Gasteiger partial charge is 0.398 e. The first kappa shape index (κ1) is 14.3. The maximum atomic E-state index is 6.15. The Morgan fingerprint density at radius 2 is 2.11 bits per heavy atom. The highest BCUT2D eigenvalue weighted by Gasteiger charge is 2.28. The normalized spacial score (nSPS) is 25.2. The van der Waals surface area contributed by atoms with E-state index in [0.717, 1.165) is 24.6 Å². The molecule has 1 saturated carbocycles. The van der Waals surface area contributed by atoms with Crippen molar-refractivity contribution in [1.29, 1.82) is 0 Å². The molecule has 1 aromatic heterocycles. The highest BCUT2D eigenvalue weighted by Crippen LogP contribution is 2.38. The zero-order chi connectivity index (χ0) is 13.7. The number of nitrogens with two attached hydrogens (primary N) is 1. The minimum Gasteiger partial charge on any atom is -0.398 e. The Morgan fingerprint density at radius 3 is 2.74 bits per heavy atom. The highest BCUT2D eigenvalue weighted by atomic mass is 14.9. The molecule has 3 nitrogen and oxygen atoms in total. The van der Waals surface area contributed by atoms with Gasteiger partial charge in [0.25, 0.3) is 0 Å². The second-order valence-electron chi connectivity index (χ2n) is 5.96. The molecular weight excluding hydrogens is 234 g/mol. The van der Waals surface area contributed by atoms with E-state index in [2.05, 4.69) is 24.1 Å². The summed E-state index contributed by atoms with van der Waals surface area (Å²) >= 11 is 0. The fourth-order valence-electron chi connectivity index (χ4n) is 3.13. The van der Waals surface area contributed by atoms with Crippen LogP contribution in [-0.4, -0.2) is 11.5 Å². The van der Waals surface area contributed by atoms with Gasteiger partial charge in [0.2, 0.25) is 0 Å². The van der Waals surface area contributed by atoms with Crippen LogP contribution in [0, 0.1) is 11.8 Å². The van der Waals surface area contributed by atoms with Gasteiger partial charge in [-0.2, -0.15) is 0 Å². The molecule has 3 N–H and O–H groups in total. The minimum atomic E-state index is 0.376. The lowest BCUT2D eigenvalue weighted by molar-refractivity contribution is 0.232. The summed E-state index contributed by atoms with van der Waals surface area (Å²) in [7, 11) is 0. The Bertz CT molecular complexity index is 383. The molecule has 1 aliphatic rings. The van der Waals surface area contributed by atoms with E-state index < -0.39 is 0 Å². The number of pyridine rings is 1. The van der Waals surface area contributed by atoms with Crippen molar-refractivity contribution in [3.05, 3.63) is 24.0 Å². The summed E-state index contributed by atoms with van der Waals surface area (Å²) in [4.78, 5) is 4.26. The zero-order valence-corrected chi connectivity index (χ0v) is 12.2. The van der Waals surface area contributed by atoms with Crippen molar-refractivity contribution in [1.82, 2.24) is 10.3 Å². The Balaban J connectivity index is 2.13. The third-order valence-electron chi connectivity index (χ3n) is 4.37. The molecule has 0 saturated heterocycles. The van der Waals surface area contributed by atoms with E-state index in [1.165, 1.54) is 31.2 Å². The topological polar surface area (TPSA) is 50.9 Å². The fourth-order valence-corrected chi connectivity index (χ4v) is 3.13. The smallest absolute Gasteiger partial charge is 0.0393 e. The van der Waals surface area contributed by atoms with Gasteiger partial charge in [0.1, 0.15) is 0 Å². The molecule has 0 bridgehead atoms. The van der Waals surface area contributed by atoms with Crippen LogP contribution in [0.4, 0.5) is 5.69 Å². The molecule has 0 amide bonds. The van der Waals surface area contributed by atoms with E-state index in [4.69, 9.17) is 5.73 Å². The Hall–Kier alpha value is -1.09. The SMILES string of the molecule is CCCNC(c1cnccc1N)C1CCC(C)CC1. The lowest BCUT2D eigenvalue weighted by Gasteiger charge is -2.34. The summed E-state index contributed by atoms with van der Waals surface area (Å²) in [6, 6.07) is 2.29. The van der Waals surface area contributed by atoms with Crippen LogP contribution in [0.2, 0.25) is 0 Å². The third-order valence-corrected chi connectivity index (χ3v) is 4.37. The molecule has 0 spiro atoms. The van der Waals surface area contributed by atoms with Gasteiger partial charge in [-0.1, -0.05) is 26.7 Å². The number of rotatable bonds is 5. The van der Waals surface area contributed by atoms with Gasteiger partial charge in [0.15, 0.2) is 0 Å². The summed E-state index contributed by atoms with van der Waals surface area (Å²) in [5.74, 6) is 1.59. The first-order chi connectivity index (χ1) is 9.22. The number of aromatic nitrogens is 1. The number of nitrogens with one attached hydrogen (secondary N) is 1. The Labute approximate surface area is 117 Å². The lowest BCUT2D eigenvalue weighted by Crippen LogP contribution is -2.32. The number of hydrogen-bond acceptors (Lipinski definition) is 3. The summed E-state index contributed by atoms with van der Waals surface area (Å²) < 4.78 is 0. The van der Waals surface area contributed by atoms with Crippen molar-refractivity contribution in [2.45, 2.75) is 52.0 Å². The summed E-state index contributed by atoms with van der Waals surface area (Å²) in [5.41, 5.74) is 8.21. The van der Waals surface area contributed by atoms with E-state index in [9.17, 15) is 0 Å². The molecule has 1 fully saturated rings. The summed E-state index contributed by atoms with van der Waals surface area (Å²) in [5, 5.41) is 3.69. The summed E-state index contributed by atoms with van der Waals surface area (Å²) in [6.45, 7) is 5.62. The third kappa shape index (κ3) is 3.69. The molecule has 106 valence electrons. The van der Waals surface area contributed by atoms with Crippen LogP contribution in [0.3, 0.4) is 0 Å². The first-order valence-electron chi connectivity index (χ1n) is 7.65. The monoisotopic (exact) mass is 261 g/mol. The van der Waals surface area contributed by atoms with Crippen LogP contribution in [0.15, 0.2) is 18.5 Å². The average Bonchev–Trinajstić information content (AvgIpc) is 2.43. The van der Waals surface area contributed by atoms with Gasteiger partial charge in [0.05, 0.1) is 0 Å². The molecule has 1 heterocycles. The van der Waals surface area contributed by atoms with Crippen molar-refractivity contribution >= 4 is 5.69 Å². The second-order valence-corrected chi connectivity index (χ2v) is 5.96. The average molecular weight is 261 g/mol. The van der Waals surface area contributed by atoms with Gasteiger partial charge in [-0.3, -0.25) is 4.98 Å². The molecule has 3 heteroatoms. The van der Waals surface area contributed by atoms with Gasteiger partial charge in [-0.25, -0.2) is 0 Å². The minimum absolute atomic E-state index is 0.376. The van der Waals surface area contributed by atoms with Gasteiger partial charge in [0, 0.05) is 29.7 Å².